The molecule has 0 amide bonds. The average molecular weight is 153 g/mol. The number of rotatable bonds is 4. The molecule has 0 saturated carbocycles. The van der Waals surface area contributed by atoms with Gasteiger partial charge in [-0.25, -0.2) is 0 Å². The summed E-state index contributed by atoms with van der Waals surface area (Å²) in [7, 11) is 0. The molecule has 0 unspecified atom stereocenters. The van der Waals surface area contributed by atoms with Crippen LogP contribution in [0.2, 0.25) is 0 Å². The number of aldehydes is 2. The van der Waals surface area contributed by atoms with Crippen LogP contribution in [0.25, 0.3) is 0 Å². The predicted molar refractivity (Wildman–Crippen MR) is 36.1 cm³/mol. The van der Waals surface area contributed by atoms with Crippen LogP contribution in [0.4, 0.5) is 0 Å². The van der Waals surface area contributed by atoms with Gasteiger partial charge in [0.05, 0.1) is 6.20 Å². The highest BCUT2D eigenvalue weighted by Gasteiger charge is 1.96. The minimum absolute atomic E-state index is 0.288. The van der Waals surface area contributed by atoms with Crippen LogP contribution in [0, 0.1) is 0 Å². The highest BCUT2D eigenvalue weighted by atomic mass is 16.1. The van der Waals surface area contributed by atoms with Crippen molar-refractivity contribution in [1.82, 2.24) is 15.0 Å². The number of aromatic nitrogens is 3. The first-order chi connectivity index (χ1) is 5.36. The van der Waals surface area contributed by atoms with Crippen molar-refractivity contribution in [3.8, 4) is 0 Å². The Morgan fingerprint density at radius 2 is 2.36 bits per heavy atom. The van der Waals surface area contributed by atoms with Crippen LogP contribution in [0.5, 0.6) is 0 Å². The van der Waals surface area contributed by atoms with Gasteiger partial charge >= 0.3 is 0 Å². The first-order valence-electron chi connectivity index (χ1n) is 3.16. The molecular weight excluding hydrogens is 146 g/mol. The van der Waals surface area contributed by atoms with Crippen LogP contribution in [-0.2, 0) is 11.3 Å². The lowest BCUT2D eigenvalue weighted by atomic mass is 10.5. The number of carbonyl (C=O) groups excluding carboxylic acids is 2. The molecule has 0 aliphatic rings. The standard InChI is InChI=1S/C6H7N3O2/c10-3-1-2-9-4-6(5-11)7-8-9/h3-5H,1-2H2. The second kappa shape index (κ2) is 3.60. The Labute approximate surface area is 63.0 Å². The van der Waals surface area contributed by atoms with E-state index in [0.717, 1.165) is 6.29 Å². The zero-order chi connectivity index (χ0) is 8.10. The molecule has 0 radical (unpaired) electrons. The molecular formula is C6H7N3O2. The van der Waals surface area contributed by atoms with Crippen LogP contribution in [0.15, 0.2) is 6.20 Å². The molecule has 11 heavy (non-hydrogen) atoms. The fourth-order valence-electron chi connectivity index (χ4n) is 0.662. The maximum Gasteiger partial charge on any atom is 0.171 e. The van der Waals surface area contributed by atoms with Crippen LogP contribution in [0.1, 0.15) is 16.9 Å². The Morgan fingerprint density at radius 3 is 2.91 bits per heavy atom. The number of hydrogen-bond acceptors (Lipinski definition) is 4. The minimum atomic E-state index is 0.288. The van der Waals surface area contributed by atoms with E-state index in [4.69, 9.17) is 0 Å². The molecule has 5 heteroatoms. The van der Waals surface area contributed by atoms with Gasteiger partial charge < -0.3 is 4.79 Å². The van der Waals surface area contributed by atoms with Gasteiger partial charge in [-0.15, -0.1) is 5.10 Å². The summed E-state index contributed by atoms with van der Waals surface area (Å²) in [4.78, 5) is 20.0. The summed E-state index contributed by atoms with van der Waals surface area (Å²) in [5, 5.41) is 7.12. The molecule has 0 aliphatic heterocycles. The van der Waals surface area contributed by atoms with E-state index in [1.54, 1.807) is 0 Å². The van der Waals surface area contributed by atoms with Gasteiger partial charge in [0.25, 0.3) is 0 Å². The summed E-state index contributed by atoms with van der Waals surface area (Å²) < 4.78 is 1.46. The molecule has 1 aromatic rings. The maximum absolute atomic E-state index is 10.1. The zero-order valence-electron chi connectivity index (χ0n) is 5.80. The van der Waals surface area contributed by atoms with Crippen molar-refractivity contribution in [2.75, 3.05) is 0 Å². The summed E-state index contributed by atoms with van der Waals surface area (Å²) >= 11 is 0. The van der Waals surface area contributed by atoms with Gasteiger partial charge in [0.2, 0.25) is 0 Å². The molecule has 1 rings (SSSR count). The van der Waals surface area contributed by atoms with Crippen molar-refractivity contribution >= 4 is 12.6 Å². The lowest BCUT2D eigenvalue weighted by Gasteiger charge is -1.90. The van der Waals surface area contributed by atoms with Gasteiger partial charge in [0.1, 0.15) is 12.0 Å². The van der Waals surface area contributed by atoms with Gasteiger partial charge in [-0.2, -0.15) is 0 Å². The number of aryl methyl sites for hydroxylation is 1. The summed E-state index contributed by atoms with van der Waals surface area (Å²) in [6, 6.07) is 0. The van der Waals surface area contributed by atoms with Gasteiger partial charge in [0.15, 0.2) is 6.29 Å². The highest BCUT2D eigenvalue weighted by molar-refractivity contribution is 5.70. The molecule has 1 heterocycles. The van der Waals surface area contributed by atoms with E-state index < -0.39 is 0 Å². The quantitative estimate of drug-likeness (QED) is 0.556. The minimum Gasteiger partial charge on any atom is -0.303 e. The third kappa shape index (κ3) is 1.96. The Hall–Kier alpha value is -1.52. The van der Waals surface area contributed by atoms with Crippen LogP contribution < -0.4 is 0 Å². The Bertz CT molecular complexity index is 256. The molecule has 1 aromatic heterocycles. The maximum atomic E-state index is 10.1. The molecule has 0 fully saturated rings. The lowest BCUT2D eigenvalue weighted by Crippen LogP contribution is -1.98. The van der Waals surface area contributed by atoms with E-state index in [-0.39, 0.29) is 5.69 Å². The number of hydrogen-bond donors (Lipinski definition) is 0. The van der Waals surface area contributed by atoms with E-state index in [2.05, 4.69) is 10.3 Å². The van der Waals surface area contributed by atoms with E-state index in [1.165, 1.54) is 10.9 Å². The summed E-state index contributed by atoms with van der Waals surface area (Å²) in [6.45, 7) is 0.477. The largest absolute Gasteiger partial charge is 0.303 e. The molecule has 58 valence electrons. The number of carbonyl (C=O) groups is 2. The Morgan fingerprint density at radius 1 is 1.55 bits per heavy atom. The zero-order valence-corrected chi connectivity index (χ0v) is 5.80. The lowest BCUT2D eigenvalue weighted by molar-refractivity contribution is -0.108. The second-order valence-corrected chi connectivity index (χ2v) is 1.98. The second-order valence-electron chi connectivity index (χ2n) is 1.98. The first kappa shape index (κ1) is 7.59. The topological polar surface area (TPSA) is 64.8 Å². The van der Waals surface area contributed by atoms with Gasteiger partial charge in [-0.1, -0.05) is 5.21 Å². The van der Waals surface area contributed by atoms with Gasteiger partial charge in [-0.3, -0.25) is 9.48 Å². The highest BCUT2D eigenvalue weighted by Crippen LogP contribution is 1.89. The molecule has 0 spiro atoms. The Kier molecular flexibility index (Phi) is 2.48. The van der Waals surface area contributed by atoms with Crippen molar-refractivity contribution in [3.05, 3.63) is 11.9 Å². The SMILES string of the molecule is O=CCCn1cc(C=O)nn1. The van der Waals surface area contributed by atoms with E-state index in [0.29, 0.717) is 19.3 Å². The summed E-state index contributed by atoms with van der Waals surface area (Å²) in [5.74, 6) is 0. The molecule has 0 saturated heterocycles. The normalized spacial score (nSPS) is 9.45. The van der Waals surface area contributed by atoms with Gasteiger partial charge in [-0.05, 0) is 0 Å². The fraction of sp³-hybridized carbons (Fsp3) is 0.333. The summed E-state index contributed by atoms with van der Waals surface area (Å²) in [5.41, 5.74) is 0.288. The van der Waals surface area contributed by atoms with Crippen molar-refractivity contribution in [2.24, 2.45) is 0 Å². The molecule has 0 aliphatic carbocycles. The van der Waals surface area contributed by atoms with Crippen molar-refractivity contribution in [1.29, 1.82) is 0 Å². The smallest absolute Gasteiger partial charge is 0.171 e. The summed E-state index contributed by atoms with van der Waals surface area (Å²) in [6.07, 6.45) is 3.30. The predicted octanol–water partition coefficient (Wildman–Crippen LogP) is -0.320. The fourth-order valence-corrected chi connectivity index (χ4v) is 0.662. The monoisotopic (exact) mass is 153 g/mol. The number of nitrogens with zero attached hydrogens (tertiary/aromatic N) is 3. The molecule has 0 atom stereocenters. The van der Waals surface area contributed by atoms with Crippen molar-refractivity contribution < 1.29 is 9.59 Å². The van der Waals surface area contributed by atoms with Crippen LogP contribution in [-0.4, -0.2) is 27.6 Å². The van der Waals surface area contributed by atoms with E-state index in [9.17, 15) is 9.59 Å². The Balaban J connectivity index is 2.57. The van der Waals surface area contributed by atoms with Crippen molar-refractivity contribution in [3.63, 3.8) is 0 Å². The van der Waals surface area contributed by atoms with Crippen molar-refractivity contribution in [2.45, 2.75) is 13.0 Å². The third-order valence-corrected chi connectivity index (χ3v) is 1.15. The van der Waals surface area contributed by atoms with Gasteiger partial charge in [0, 0.05) is 13.0 Å². The average Bonchev–Trinajstić information content (AvgIpc) is 2.48. The van der Waals surface area contributed by atoms with E-state index >= 15 is 0 Å². The molecule has 0 N–H and O–H groups in total. The van der Waals surface area contributed by atoms with Crippen LogP contribution in [0.3, 0.4) is 0 Å². The molecule has 5 nitrogen and oxygen atoms in total. The van der Waals surface area contributed by atoms with E-state index in [1.807, 2.05) is 0 Å². The third-order valence-electron chi connectivity index (χ3n) is 1.15. The molecule has 0 bridgehead atoms. The van der Waals surface area contributed by atoms with Crippen LogP contribution >= 0.6 is 0 Å². The first-order valence-corrected chi connectivity index (χ1v) is 3.16. The molecule has 0 aromatic carbocycles.